The van der Waals surface area contributed by atoms with Crippen molar-refractivity contribution in [2.24, 2.45) is 0 Å². The van der Waals surface area contributed by atoms with Gasteiger partial charge in [-0.15, -0.1) is 0 Å². The predicted molar refractivity (Wildman–Crippen MR) is 75.5 cm³/mol. The molecule has 0 saturated carbocycles. The van der Waals surface area contributed by atoms with Gasteiger partial charge in [-0.3, -0.25) is 0 Å². The van der Waals surface area contributed by atoms with Crippen LogP contribution < -0.4 is 4.74 Å². The van der Waals surface area contributed by atoms with Crippen LogP contribution in [0, 0.1) is 6.92 Å². The van der Waals surface area contributed by atoms with Crippen LogP contribution in [0.2, 0.25) is 0 Å². The highest BCUT2D eigenvalue weighted by molar-refractivity contribution is 5.57. The van der Waals surface area contributed by atoms with Crippen LogP contribution in [0.1, 0.15) is 50.7 Å². The lowest BCUT2D eigenvalue weighted by atomic mass is 10.1. The first-order chi connectivity index (χ1) is 8.27. The minimum atomic E-state index is 0.827. The fourth-order valence-corrected chi connectivity index (χ4v) is 1.79. The maximum absolute atomic E-state index is 5.87. The Kier molecular flexibility index (Phi) is 6.46. The van der Waals surface area contributed by atoms with Crippen molar-refractivity contribution in [2.45, 2.75) is 46.5 Å². The Labute approximate surface area is 106 Å². The number of unbranched alkanes of at least 4 members (excludes halogenated alkanes) is 3. The Hall–Kier alpha value is -1.24. The van der Waals surface area contributed by atoms with Crippen molar-refractivity contribution < 1.29 is 4.74 Å². The monoisotopic (exact) mass is 232 g/mol. The van der Waals surface area contributed by atoms with Crippen LogP contribution in [-0.2, 0) is 0 Å². The molecule has 0 N–H and O–H groups in total. The van der Waals surface area contributed by atoms with Gasteiger partial charge in [-0.05, 0) is 31.9 Å². The van der Waals surface area contributed by atoms with Crippen molar-refractivity contribution in [1.82, 2.24) is 0 Å². The summed E-state index contributed by atoms with van der Waals surface area (Å²) in [5, 5.41) is 0. The number of hydrogen-bond acceptors (Lipinski definition) is 1. The van der Waals surface area contributed by atoms with Crippen molar-refractivity contribution in [3.8, 4) is 5.75 Å². The van der Waals surface area contributed by atoms with Crippen LogP contribution in [0.5, 0.6) is 5.75 Å². The van der Waals surface area contributed by atoms with Gasteiger partial charge in [0.1, 0.15) is 5.75 Å². The van der Waals surface area contributed by atoms with Gasteiger partial charge in [0, 0.05) is 5.56 Å². The summed E-state index contributed by atoms with van der Waals surface area (Å²) in [7, 11) is 0. The average molecular weight is 232 g/mol. The highest BCUT2D eigenvalue weighted by atomic mass is 16.5. The Morgan fingerprint density at radius 3 is 2.71 bits per heavy atom. The van der Waals surface area contributed by atoms with E-state index in [4.69, 9.17) is 4.74 Å². The molecule has 0 atom stereocenters. The molecule has 0 aliphatic heterocycles. The van der Waals surface area contributed by atoms with Gasteiger partial charge in [-0.1, -0.05) is 50.5 Å². The number of aryl methyl sites for hydroxylation is 1. The summed E-state index contributed by atoms with van der Waals surface area (Å²) in [5.74, 6) is 1.01. The molecule has 1 aromatic rings. The highest BCUT2D eigenvalue weighted by Crippen LogP contribution is 2.22. The van der Waals surface area contributed by atoms with Crippen LogP contribution >= 0.6 is 0 Å². The van der Waals surface area contributed by atoms with Crippen molar-refractivity contribution in [3.63, 3.8) is 0 Å². The zero-order valence-corrected chi connectivity index (χ0v) is 11.3. The Balaban J connectivity index is 2.53. The first-order valence-electron chi connectivity index (χ1n) is 6.64. The quantitative estimate of drug-likeness (QED) is 0.602. The van der Waals surface area contributed by atoms with E-state index in [2.05, 4.69) is 44.2 Å². The first-order valence-corrected chi connectivity index (χ1v) is 6.64. The molecule has 0 amide bonds. The molecule has 0 aliphatic rings. The van der Waals surface area contributed by atoms with Crippen LogP contribution in [0.4, 0.5) is 0 Å². The lowest BCUT2D eigenvalue weighted by Gasteiger charge is -2.10. The zero-order chi connectivity index (χ0) is 12.5. The van der Waals surface area contributed by atoms with Gasteiger partial charge in [-0.2, -0.15) is 0 Å². The van der Waals surface area contributed by atoms with E-state index in [1.54, 1.807) is 0 Å². The molecule has 94 valence electrons. The molecule has 1 rings (SSSR count). The summed E-state index contributed by atoms with van der Waals surface area (Å²) in [4.78, 5) is 0. The summed E-state index contributed by atoms with van der Waals surface area (Å²) in [6.07, 6.45) is 9.14. The Morgan fingerprint density at radius 1 is 1.18 bits per heavy atom. The van der Waals surface area contributed by atoms with Crippen molar-refractivity contribution in [3.05, 3.63) is 35.4 Å². The van der Waals surface area contributed by atoms with Crippen LogP contribution in [-0.4, -0.2) is 6.61 Å². The van der Waals surface area contributed by atoms with Gasteiger partial charge in [0.15, 0.2) is 0 Å². The van der Waals surface area contributed by atoms with Gasteiger partial charge in [-0.25, -0.2) is 0 Å². The van der Waals surface area contributed by atoms with E-state index in [-0.39, 0.29) is 0 Å². The third-order valence-electron chi connectivity index (χ3n) is 2.77. The Morgan fingerprint density at radius 2 is 2.00 bits per heavy atom. The molecule has 0 saturated heterocycles. The third kappa shape index (κ3) is 5.08. The van der Waals surface area contributed by atoms with Crippen molar-refractivity contribution >= 4 is 6.08 Å². The molecular formula is C16H24O. The first kappa shape index (κ1) is 13.8. The molecule has 0 bridgehead atoms. The third-order valence-corrected chi connectivity index (χ3v) is 2.77. The van der Waals surface area contributed by atoms with Crippen LogP contribution in [0.3, 0.4) is 0 Å². The van der Waals surface area contributed by atoms with Crippen molar-refractivity contribution in [2.75, 3.05) is 6.61 Å². The number of ether oxygens (including phenoxy) is 1. The molecule has 17 heavy (non-hydrogen) atoms. The average Bonchev–Trinajstić information content (AvgIpc) is 2.32. The molecule has 0 heterocycles. The van der Waals surface area contributed by atoms with Crippen molar-refractivity contribution in [1.29, 1.82) is 0 Å². The molecule has 0 aromatic heterocycles. The van der Waals surface area contributed by atoms with E-state index in [0.29, 0.717) is 0 Å². The Bertz CT molecular complexity index is 353. The molecule has 0 aliphatic carbocycles. The second-order valence-electron chi connectivity index (χ2n) is 4.45. The number of rotatable bonds is 7. The summed E-state index contributed by atoms with van der Waals surface area (Å²) in [5.41, 5.74) is 2.43. The van der Waals surface area contributed by atoms with Gasteiger partial charge < -0.3 is 4.74 Å². The second-order valence-corrected chi connectivity index (χ2v) is 4.45. The smallest absolute Gasteiger partial charge is 0.126 e. The molecule has 0 radical (unpaired) electrons. The van der Waals surface area contributed by atoms with E-state index < -0.39 is 0 Å². The molecule has 1 heteroatoms. The molecule has 0 spiro atoms. The molecule has 0 fully saturated rings. The molecule has 0 unspecified atom stereocenters. The lowest BCUT2D eigenvalue weighted by molar-refractivity contribution is 0.304. The molecule has 1 aromatic carbocycles. The van der Waals surface area contributed by atoms with Crippen LogP contribution in [0.15, 0.2) is 24.3 Å². The fraction of sp³-hybridized carbons (Fsp3) is 0.500. The predicted octanol–water partition coefficient (Wildman–Crippen LogP) is 4.99. The SMILES string of the molecule is CC=Cc1ccc(C)cc1OCCCCCC. The van der Waals surface area contributed by atoms with Gasteiger partial charge >= 0.3 is 0 Å². The minimum Gasteiger partial charge on any atom is -0.493 e. The topological polar surface area (TPSA) is 9.23 Å². The normalized spacial score (nSPS) is 11.0. The summed E-state index contributed by atoms with van der Waals surface area (Å²) >= 11 is 0. The van der Waals surface area contributed by atoms with Gasteiger partial charge in [0.2, 0.25) is 0 Å². The summed E-state index contributed by atoms with van der Waals surface area (Å²) in [6.45, 7) is 7.19. The number of benzene rings is 1. The summed E-state index contributed by atoms with van der Waals surface area (Å²) < 4.78 is 5.87. The standard InChI is InChI=1S/C16H24O/c1-4-6-7-8-12-17-16-13-14(3)10-11-15(16)9-5-2/h5,9-11,13H,4,6-8,12H2,1-3H3. The lowest BCUT2D eigenvalue weighted by Crippen LogP contribution is -1.99. The van der Waals surface area contributed by atoms with Gasteiger partial charge in [0.05, 0.1) is 6.61 Å². The van der Waals surface area contributed by atoms with E-state index >= 15 is 0 Å². The largest absolute Gasteiger partial charge is 0.493 e. The second kappa shape index (κ2) is 7.94. The van der Waals surface area contributed by atoms with Gasteiger partial charge in [0.25, 0.3) is 0 Å². The summed E-state index contributed by atoms with van der Waals surface area (Å²) in [6, 6.07) is 6.37. The number of allylic oxidation sites excluding steroid dienone is 1. The molecule has 1 nitrogen and oxygen atoms in total. The van der Waals surface area contributed by atoms with E-state index in [9.17, 15) is 0 Å². The fourth-order valence-electron chi connectivity index (χ4n) is 1.79. The minimum absolute atomic E-state index is 0.827. The van der Waals surface area contributed by atoms with E-state index in [0.717, 1.165) is 18.8 Å². The maximum atomic E-state index is 5.87. The van der Waals surface area contributed by atoms with E-state index in [1.807, 2.05) is 6.92 Å². The van der Waals surface area contributed by atoms with E-state index in [1.165, 1.54) is 30.4 Å². The highest BCUT2D eigenvalue weighted by Gasteiger charge is 2.01. The maximum Gasteiger partial charge on any atom is 0.126 e. The van der Waals surface area contributed by atoms with Crippen LogP contribution in [0.25, 0.3) is 6.08 Å². The number of hydrogen-bond donors (Lipinski definition) is 0. The zero-order valence-electron chi connectivity index (χ0n) is 11.3. The molecular weight excluding hydrogens is 208 g/mol.